The Kier molecular flexibility index (Phi) is 5.72. The van der Waals surface area contributed by atoms with E-state index in [2.05, 4.69) is 5.32 Å². The van der Waals surface area contributed by atoms with Crippen molar-refractivity contribution in [3.63, 3.8) is 0 Å². The second-order valence-corrected chi connectivity index (χ2v) is 6.10. The molecule has 0 aromatic heterocycles. The Balaban J connectivity index is 3.13. The summed E-state index contributed by atoms with van der Waals surface area (Å²) in [5.74, 6) is 0. The summed E-state index contributed by atoms with van der Waals surface area (Å²) in [4.78, 5) is 8.78. The maximum Gasteiger partial charge on any atom is 0.501 e. The minimum atomic E-state index is -5.63. The van der Waals surface area contributed by atoms with Crippen molar-refractivity contribution in [3.05, 3.63) is 28.3 Å². The maximum atomic E-state index is 12.5. The van der Waals surface area contributed by atoms with Crippen LogP contribution in [0.2, 0.25) is 0 Å². The highest BCUT2D eigenvalue weighted by Gasteiger charge is 2.47. The second-order valence-electron chi connectivity index (χ2n) is 4.16. The molecule has 0 aliphatic rings. The van der Waals surface area contributed by atoms with Crippen LogP contribution < -0.4 is 5.32 Å². The highest BCUT2D eigenvalue weighted by Crippen LogP contribution is 2.34. The number of hydrogen-bond donors (Lipinski definition) is 1. The highest BCUT2D eigenvalue weighted by molar-refractivity contribution is 7.92. The molecule has 0 aliphatic heterocycles. The Labute approximate surface area is 124 Å². The van der Waals surface area contributed by atoms with Gasteiger partial charge in [0.2, 0.25) is 0 Å². The molecule has 11 heteroatoms. The van der Waals surface area contributed by atoms with E-state index in [0.717, 1.165) is 6.07 Å². The Hall–Kier alpha value is -1.88. The number of hydrogen-bond acceptors (Lipinski definition) is 6. The average Bonchev–Trinajstić information content (AvgIpc) is 2.42. The number of anilines is 1. The van der Waals surface area contributed by atoms with Gasteiger partial charge in [0.15, 0.2) is 0 Å². The maximum absolute atomic E-state index is 12.5. The molecule has 7 nitrogen and oxygen atoms in total. The predicted molar refractivity (Wildman–Crippen MR) is 71.3 cm³/mol. The average molecular weight is 342 g/mol. The molecule has 1 rings (SSSR count). The van der Waals surface area contributed by atoms with Crippen LogP contribution in [0.5, 0.6) is 0 Å². The minimum absolute atomic E-state index is 0.0674. The fraction of sp³-hybridized carbons (Fsp3) is 0.455. The van der Waals surface area contributed by atoms with Crippen molar-refractivity contribution >= 4 is 21.2 Å². The van der Waals surface area contributed by atoms with Crippen LogP contribution in [-0.2, 0) is 14.6 Å². The van der Waals surface area contributed by atoms with Crippen LogP contribution in [0, 0.1) is 10.1 Å². The third-order valence-corrected chi connectivity index (χ3v) is 4.11. The monoisotopic (exact) mass is 342 g/mol. The molecule has 0 unspecified atom stereocenters. The first-order valence-corrected chi connectivity index (χ1v) is 7.42. The molecule has 0 fully saturated rings. The molecule has 1 N–H and O–H groups in total. The molecule has 1 aromatic rings. The Bertz CT molecular complexity index is 646. The molecule has 1 aromatic carbocycles. The van der Waals surface area contributed by atoms with Gasteiger partial charge in [0, 0.05) is 26.3 Å². The van der Waals surface area contributed by atoms with Gasteiger partial charge in [0.1, 0.15) is 5.69 Å². The summed E-state index contributed by atoms with van der Waals surface area (Å²) < 4.78 is 64.6. The third kappa shape index (κ3) is 4.07. The molecule has 0 saturated carbocycles. The second kappa shape index (κ2) is 6.92. The summed E-state index contributed by atoms with van der Waals surface area (Å²) in [6, 6.07) is 2.00. The van der Waals surface area contributed by atoms with Crippen LogP contribution in [0.15, 0.2) is 23.1 Å². The highest BCUT2D eigenvalue weighted by atomic mass is 32.2. The molecule has 0 radical (unpaired) electrons. The first-order valence-electron chi connectivity index (χ1n) is 5.94. The van der Waals surface area contributed by atoms with Crippen LogP contribution in [0.25, 0.3) is 0 Å². The Morgan fingerprint density at radius 1 is 1.36 bits per heavy atom. The number of nitro groups is 1. The van der Waals surface area contributed by atoms with E-state index in [4.69, 9.17) is 4.74 Å². The number of nitrogens with zero attached hydrogens (tertiary/aromatic N) is 1. The fourth-order valence-corrected chi connectivity index (χ4v) is 2.33. The minimum Gasteiger partial charge on any atom is -0.385 e. The summed E-state index contributed by atoms with van der Waals surface area (Å²) in [5, 5.41) is 13.6. The van der Waals surface area contributed by atoms with Gasteiger partial charge in [-0.05, 0) is 18.6 Å². The summed E-state index contributed by atoms with van der Waals surface area (Å²) in [6.07, 6.45) is 0.510. The zero-order valence-electron chi connectivity index (χ0n) is 11.4. The Morgan fingerprint density at radius 3 is 2.50 bits per heavy atom. The lowest BCUT2D eigenvalue weighted by molar-refractivity contribution is -0.384. The number of alkyl halides is 3. The molecule has 0 atom stereocenters. The lowest BCUT2D eigenvalue weighted by Gasteiger charge is -2.10. The SMILES string of the molecule is COCCCNc1ccc(S(=O)(=O)C(F)(F)F)cc1[N+](=O)[O-]. The van der Waals surface area contributed by atoms with Gasteiger partial charge in [0.05, 0.1) is 9.82 Å². The van der Waals surface area contributed by atoms with Gasteiger partial charge in [-0.2, -0.15) is 13.2 Å². The van der Waals surface area contributed by atoms with Crippen molar-refractivity contribution in [1.29, 1.82) is 0 Å². The summed E-state index contributed by atoms with van der Waals surface area (Å²) >= 11 is 0. The number of nitro benzene ring substituents is 1. The van der Waals surface area contributed by atoms with Gasteiger partial charge in [-0.25, -0.2) is 8.42 Å². The standard InChI is InChI=1S/C11H13F3N2O5S/c1-21-6-2-5-15-9-4-3-8(7-10(9)16(17)18)22(19,20)11(12,13)14/h3-4,7,15H,2,5-6H2,1H3. The molecule has 0 amide bonds. The third-order valence-electron chi connectivity index (χ3n) is 2.62. The molecule has 124 valence electrons. The number of nitrogens with one attached hydrogen (secondary N) is 1. The molecular formula is C11H13F3N2O5S. The van der Waals surface area contributed by atoms with Gasteiger partial charge in [0.25, 0.3) is 15.5 Å². The van der Waals surface area contributed by atoms with Crippen molar-refractivity contribution in [1.82, 2.24) is 0 Å². The molecule has 0 aliphatic carbocycles. The van der Waals surface area contributed by atoms with E-state index in [0.29, 0.717) is 25.2 Å². The summed E-state index contributed by atoms with van der Waals surface area (Å²) in [5.41, 5.74) is -6.33. The smallest absolute Gasteiger partial charge is 0.385 e. The topological polar surface area (TPSA) is 98.5 Å². The van der Waals surface area contributed by atoms with Gasteiger partial charge >= 0.3 is 5.51 Å². The van der Waals surface area contributed by atoms with Crippen LogP contribution >= 0.6 is 0 Å². The van der Waals surface area contributed by atoms with Gasteiger partial charge < -0.3 is 10.1 Å². The van der Waals surface area contributed by atoms with Crippen LogP contribution in [0.3, 0.4) is 0 Å². The van der Waals surface area contributed by atoms with Crippen LogP contribution in [0.1, 0.15) is 6.42 Å². The zero-order chi connectivity index (χ0) is 17.0. The number of sulfone groups is 1. The van der Waals surface area contributed by atoms with Gasteiger partial charge in [-0.15, -0.1) is 0 Å². The van der Waals surface area contributed by atoms with Crippen molar-refractivity contribution in [2.24, 2.45) is 0 Å². The van der Waals surface area contributed by atoms with E-state index in [9.17, 15) is 31.7 Å². The van der Waals surface area contributed by atoms with Gasteiger partial charge in [-0.1, -0.05) is 0 Å². The van der Waals surface area contributed by atoms with E-state index in [1.54, 1.807) is 0 Å². The van der Waals surface area contributed by atoms with Crippen molar-refractivity contribution in [2.45, 2.75) is 16.8 Å². The molecule has 0 heterocycles. The van der Waals surface area contributed by atoms with Crippen molar-refractivity contribution in [3.8, 4) is 0 Å². The van der Waals surface area contributed by atoms with Crippen molar-refractivity contribution in [2.75, 3.05) is 25.6 Å². The van der Waals surface area contributed by atoms with E-state index in [-0.39, 0.29) is 12.2 Å². The molecule has 22 heavy (non-hydrogen) atoms. The van der Waals surface area contributed by atoms with E-state index in [1.807, 2.05) is 0 Å². The van der Waals surface area contributed by atoms with Crippen molar-refractivity contribution < 1.29 is 31.2 Å². The van der Waals surface area contributed by atoms with E-state index in [1.165, 1.54) is 7.11 Å². The first kappa shape index (κ1) is 18.2. The quantitative estimate of drug-likeness (QED) is 0.464. The summed E-state index contributed by atoms with van der Waals surface area (Å²) in [7, 11) is -4.16. The largest absolute Gasteiger partial charge is 0.501 e. The molecule has 0 spiro atoms. The normalized spacial score (nSPS) is 12.2. The van der Waals surface area contributed by atoms with Gasteiger partial charge in [-0.3, -0.25) is 10.1 Å². The number of rotatable bonds is 7. The summed E-state index contributed by atoms with van der Waals surface area (Å²) in [6.45, 7) is 0.668. The number of benzene rings is 1. The zero-order valence-corrected chi connectivity index (χ0v) is 12.2. The molecule has 0 bridgehead atoms. The van der Waals surface area contributed by atoms with E-state index >= 15 is 0 Å². The number of ether oxygens (including phenoxy) is 1. The fourth-order valence-electron chi connectivity index (χ4n) is 1.55. The van der Waals surface area contributed by atoms with Crippen LogP contribution in [0.4, 0.5) is 24.5 Å². The lowest BCUT2D eigenvalue weighted by atomic mass is 10.2. The Morgan fingerprint density at radius 2 is 2.00 bits per heavy atom. The number of methoxy groups -OCH3 is 1. The first-order chi connectivity index (χ1) is 10.1. The number of halogens is 3. The van der Waals surface area contributed by atoms with E-state index < -0.39 is 30.9 Å². The van der Waals surface area contributed by atoms with Crippen LogP contribution in [-0.4, -0.2) is 39.1 Å². The molecule has 0 saturated heterocycles. The molecular weight excluding hydrogens is 329 g/mol. The lowest BCUT2D eigenvalue weighted by Crippen LogP contribution is -2.23. The predicted octanol–water partition coefficient (Wildman–Crippen LogP) is 2.34.